The second-order valence-corrected chi connectivity index (χ2v) is 7.84. The number of sulfonamides is 1. The van der Waals surface area contributed by atoms with Crippen LogP contribution in [0.1, 0.15) is 22.3 Å². The van der Waals surface area contributed by atoms with Gasteiger partial charge in [-0.2, -0.15) is 0 Å². The Morgan fingerprint density at radius 3 is 2.54 bits per heavy atom. The van der Waals surface area contributed by atoms with Crippen LogP contribution in [0.2, 0.25) is 0 Å². The third-order valence-electron chi connectivity index (χ3n) is 4.03. The van der Waals surface area contributed by atoms with Gasteiger partial charge in [0.15, 0.2) is 0 Å². The molecule has 2 aromatic rings. The molecule has 0 spiro atoms. The highest BCUT2D eigenvalue weighted by Gasteiger charge is 2.36. The first-order chi connectivity index (χ1) is 12.4. The van der Waals surface area contributed by atoms with Crippen LogP contribution in [0.5, 0.6) is 0 Å². The maximum atomic E-state index is 12.9. The molecular formula is C18H17FN2O4S. The molecule has 1 aliphatic rings. The monoisotopic (exact) mass is 376 g/mol. The molecule has 0 unspecified atom stereocenters. The smallest absolute Gasteiger partial charge is 0.251 e. The van der Waals surface area contributed by atoms with E-state index in [4.69, 9.17) is 0 Å². The Morgan fingerprint density at radius 1 is 1.15 bits per heavy atom. The lowest BCUT2D eigenvalue weighted by Crippen LogP contribution is -2.30. The molecule has 0 aromatic heterocycles. The lowest BCUT2D eigenvalue weighted by molar-refractivity contribution is -0.116. The highest BCUT2D eigenvalue weighted by Crippen LogP contribution is 2.25. The molecule has 136 valence electrons. The number of hydrogen-bond acceptors (Lipinski definition) is 4. The van der Waals surface area contributed by atoms with Crippen molar-refractivity contribution in [3.8, 4) is 0 Å². The van der Waals surface area contributed by atoms with Gasteiger partial charge in [0.2, 0.25) is 15.9 Å². The van der Waals surface area contributed by atoms with Gasteiger partial charge in [-0.15, -0.1) is 0 Å². The summed E-state index contributed by atoms with van der Waals surface area (Å²) in [5, 5.41) is 2.73. The van der Waals surface area contributed by atoms with Crippen molar-refractivity contribution in [2.45, 2.75) is 12.8 Å². The fourth-order valence-corrected chi connectivity index (χ4v) is 4.17. The lowest BCUT2D eigenvalue weighted by atomic mass is 10.1. The number of carbonyl (C=O) groups is 2. The van der Waals surface area contributed by atoms with Gasteiger partial charge in [-0.1, -0.05) is 18.2 Å². The Morgan fingerprint density at radius 2 is 1.88 bits per heavy atom. The third kappa shape index (κ3) is 3.91. The van der Waals surface area contributed by atoms with E-state index >= 15 is 0 Å². The van der Waals surface area contributed by atoms with Gasteiger partial charge in [0.05, 0.1) is 11.4 Å². The number of nitrogens with zero attached hydrogens (tertiary/aromatic N) is 1. The van der Waals surface area contributed by atoms with Crippen LogP contribution in [-0.2, 0) is 21.2 Å². The Bertz CT molecular complexity index is 942. The average Bonchev–Trinajstić information content (AvgIpc) is 2.89. The van der Waals surface area contributed by atoms with Crippen molar-refractivity contribution in [1.82, 2.24) is 5.32 Å². The summed E-state index contributed by atoms with van der Waals surface area (Å²) in [5.41, 5.74) is 1.31. The predicted octanol–water partition coefficient (Wildman–Crippen LogP) is 1.86. The third-order valence-corrected chi connectivity index (χ3v) is 5.72. The zero-order valence-electron chi connectivity index (χ0n) is 13.8. The summed E-state index contributed by atoms with van der Waals surface area (Å²) in [6.45, 7) is 0.343. The molecule has 1 heterocycles. The van der Waals surface area contributed by atoms with Crippen LogP contribution >= 0.6 is 0 Å². The van der Waals surface area contributed by atoms with Gasteiger partial charge in [0.25, 0.3) is 5.91 Å². The van der Waals surface area contributed by atoms with Crippen molar-refractivity contribution >= 4 is 27.5 Å². The van der Waals surface area contributed by atoms with E-state index in [9.17, 15) is 22.4 Å². The van der Waals surface area contributed by atoms with Crippen LogP contribution in [0.4, 0.5) is 10.1 Å². The van der Waals surface area contributed by atoms with E-state index in [-0.39, 0.29) is 35.1 Å². The molecule has 0 saturated carbocycles. The Labute approximate surface area is 150 Å². The summed E-state index contributed by atoms with van der Waals surface area (Å²) in [6.07, 6.45) is 0.473. The molecule has 8 heteroatoms. The summed E-state index contributed by atoms with van der Waals surface area (Å²) >= 11 is 0. The minimum Gasteiger partial charge on any atom is -0.352 e. The van der Waals surface area contributed by atoms with Gasteiger partial charge in [0.1, 0.15) is 5.82 Å². The van der Waals surface area contributed by atoms with Crippen molar-refractivity contribution in [2.24, 2.45) is 0 Å². The van der Waals surface area contributed by atoms with E-state index in [1.54, 1.807) is 18.2 Å². The zero-order chi connectivity index (χ0) is 18.7. The van der Waals surface area contributed by atoms with Crippen LogP contribution in [0, 0.1) is 5.82 Å². The number of halogens is 1. The molecule has 1 fully saturated rings. The Balaban J connectivity index is 1.67. The van der Waals surface area contributed by atoms with Gasteiger partial charge >= 0.3 is 0 Å². The summed E-state index contributed by atoms with van der Waals surface area (Å²) in [7, 11) is -3.67. The quantitative estimate of drug-likeness (QED) is 0.863. The number of benzene rings is 2. The molecule has 2 aromatic carbocycles. The molecule has 1 aliphatic heterocycles. The number of rotatable bonds is 5. The summed E-state index contributed by atoms with van der Waals surface area (Å²) in [4.78, 5) is 24.1. The molecule has 26 heavy (non-hydrogen) atoms. The van der Waals surface area contributed by atoms with Crippen LogP contribution in [0.25, 0.3) is 0 Å². The predicted molar refractivity (Wildman–Crippen MR) is 94.8 cm³/mol. The maximum absolute atomic E-state index is 12.9. The minimum atomic E-state index is -3.67. The second kappa shape index (κ2) is 7.25. The number of anilines is 1. The normalized spacial score (nSPS) is 15.9. The molecule has 1 N–H and O–H groups in total. The molecule has 0 atom stereocenters. The van der Waals surface area contributed by atoms with Gasteiger partial charge in [0, 0.05) is 18.5 Å². The largest absolute Gasteiger partial charge is 0.352 e. The fraction of sp³-hybridized carbons (Fsp3) is 0.222. The second-order valence-electron chi connectivity index (χ2n) is 5.91. The van der Waals surface area contributed by atoms with Crippen LogP contribution in [0.15, 0.2) is 48.5 Å². The average molecular weight is 376 g/mol. The van der Waals surface area contributed by atoms with E-state index in [0.717, 1.165) is 9.87 Å². The highest BCUT2D eigenvalue weighted by molar-refractivity contribution is 7.94. The maximum Gasteiger partial charge on any atom is 0.251 e. The number of amides is 2. The number of carbonyl (C=O) groups excluding carboxylic acids is 2. The number of nitrogens with one attached hydrogen (secondary N) is 1. The van der Waals surface area contributed by atoms with Crippen LogP contribution < -0.4 is 9.62 Å². The van der Waals surface area contributed by atoms with Crippen molar-refractivity contribution in [3.05, 3.63) is 65.5 Å². The zero-order valence-corrected chi connectivity index (χ0v) is 14.6. The fourth-order valence-electron chi connectivity index (χ4n) is 2.72. The first-order valence-corrected chi connectivity index (χ1v) is 9.66. The number of hydrogen-bond donors (Lipinski definition) is 1. The first kappa shape index (κ1) is 18.1. The van der Waals surface area contributed by atoms with Crippen LogP contribution in [0.3, 0.4) is 0 Å². The molecule has 0 aliphatic carbocycles. The molecule has 1 saturated heterocycles. The summed E-state index contributed by atoms with van der Waals surface area (Å²) < 4.78 is 37.6. The molecule has 6 nitrogen and oxygen atoms in total. The Kier molecular flexibility index (Phi) is 5.03. The van der Waals surface area contributed by atoms with E-state index in [2.05, 4.69) is 5.32 Å². The molecule has 2 amide bonds. The molecule has 0 bridgehead atoms. The highest BCUT2D eigenvalue weighted by atomic mass is 32.2. The van der Waals surface area contributed by atoms with E-state index in [1.165, 1.54) is 30.3 Å². The SMILES string of the molecule is O=C(NCCc1ccc(F)cc1)c1cccc(N2C(=O)CCS2(=O)=O)c1. The van der Waals surface area contributed by atoms with Crippen molar-refractivity contribution in [1.29, 1.82) is 0 Å². The van der Waals surface area contributed by atoms with Gasteiger partial charge < -0.3 is 5.32 Å². The topological polar surface area (TPSA) is 83.6 Å². The van der Waals surface area contributed by atoms with Crippen molar-refractivity contribution in [3.63, 3.8) is 0 Å². The van der Waals surface area contributed by atoms with Crippen molar-refractivity contribution in [2.75, 3.05) is 16.6 Å². The summed E-state index contributed by atoms with van der Waals surface area (Å²) in [6, 6.07) is 11.9. The molecule has 3 rings (SSSR count). The molecule has 0 radical (unpaired) electrons. The Hall–Kier alpha value is -2.74. The lowest BCUT2D eigenvalue weighted by Gasteiger charge is -2.15. The van der Waals surface area contributed by atoms with Gasteiger partial charge in [-0.3, -0.25) is 9.59 Å². The van der Waals surface area contributed by atoms with E-state index in [1.807, 2.05) is 0 Å². The molecular weight excluding hydrogens is 359 g/mol. The first-order valence-electron chi connectivity index (χ1n) is 8.05. The standard InChI is InChI=1S/C18H17FN2O4S/c19-15-6-4-13(5-7-15)8-10-20-18(23)14-2-1-3-16(12-14)21-17(22)9-11-26(21,24)25/h1-7,12H,8-11H2,(H,20,23). The summed E-state index contributed by atoms with van der Waals surface area (Å²) in [5.74, 6) is -1.42. The van der Waals surface area contributed by atoms with Crippen molar-refractivity contribution < 1.29 is 22.4 Å². The van der Waals surface area contributed by atoms with Crippen LogP contribution in [-0.4, -0.2) is 32.5 Å². The van der Waals surface area contributed by atoms with E-state index in [0.29, 0.717) is 13.0 Å². The van der Waals surface area contributed by atoms with Gasteiger partial charge in [-0.25, -0.2) is 17.1 Å². The van der Waals surface area contributed by atoms with Gasteiger partial charge in [-0.05, 0) is 42.3 Å². The minimum absolute atomic E-state index is 0.0591. The van der Waals surface area contributed by atoms with E-state index < -0.39 is 15.9 Å².